The van der Waals surface area contributed by atoms with E-state index in [0.29, 0.717) is 11.3 Å². The number of carbonyl (C=O) groups excluding carboxylic acids is 1. The van der Waals surface area contributed by atoms with Crippen LogP contribution >= 0.6 is 0 Å². The summed E-state index contributed by atoms with van der Waals surface area (Å²) in [6.07, 6.45) is 0.483. The van der Waals surface area contributed by atoms with E-state index in [4.69, 9.17) is 9.47 Å². The highest BCUT2D eigenvalue weighted by Gasteiger charge is 2.25. The second-order valence-electron chi connectivity index (χ2n) is 5.03. The summed E-state index contributed by atoms with van der Waals surface area (Å²) in [5.41, 5.74) is 0.495. The molecule has 2 rings (SSSR count). The first-order valence-electron chi connectivity index (χ1n) is 7.12. The molecule has 2 aromatic rings. The van der Waals surface area contributed by atoms with Gasteiger partial charge in [-0.1, -0.05) is 12.1 Å². The minimum absolute atomic E-state index is 0.0276. The van der Waals surface area contributed by atoms with Gasteiger partial charge in [0.1, 0.15) is 5.75 Å². The van der Waals surface area contributed by atoms with Crippen molar-refractivity contribution in [1.82, 2.24) is 9.71 Å². The van der Waals surface area contributed by atoms with Crippen LogP contribution in [0.1, 0.15) is 12.5 Å². The maximum Gasteiger partial charge on any atom is 0.274 e. The number of hydrogen-bond donors (Lipinski definition) is 1. The number of carbonyl (C=O) groups is 1. The van der Waals surface area contributed by atoms with E-state index in [1.807, 2.05) is 4.72 Å². The molecule has 0 aliphatic carbocycles. The molecule has 1 unspecified atom stereocenters. The number of sulfonamides is 1. The quantitative estimate of drug-likeness (QED) is 0.852. The molecule has 1 heterocycles. The second-order valence-corrected chi connectivity index (χ2v) is 6.68. The average molecular weight is 350 g/mol. The van der Waals surface area contributed by atoms with Crippen molar-refractivity contribution < 1.29 is 22.7 Å². The van der Waals surface area contributed by atoms with Gasteiger partial charge in [0.15, 0.2) is 6.10 Å². The molecule has 24 heavy (non-hydrogen) atoms. The topological polar surface area (TPSA) is 94.6 Å². The molecular formula is C16H18N2O5S. The Bertz CT molecular complexity index is 822. The van der Waals surface area contributed by atoms with Crippen LogP contribution in [-0.4, -0.2) is 32.5 Å². The molecule has 0 saturated heterocycles. The number of pyridine rings is 1. The fraction of sp³-hybridized carbons (Fsp3) is 0.250. The highest BCUT2D eigenvalue weighted by atomic mass is 32.2. The number of aryl methyl sites for hydroxylation is 1. The lowest BCUT2D eigenvalue weighted by Gasteiger charge is -2.15. The first-order chi connectivity index (χ1) is 11.3. The van der Waals surface area contributed by atoms with Crippen LogP contribution in [0.25, 0.3) is 0 Å². The Kier molecular flexibility index (Phi) is 5.40. The van der Waals surface area contributed by atoms with Crippen LogP contribution in [0.4, 0.5) is 0 Å². The highest BCUT2D eigenvalue weighted by molar-refractivity contribution is 7.90. The van der Waals surface area contributed by atoms with E-state index >= 15 is 0 Å². The Morgan fingerprint density at radius 2 is 2.00 bits per heavy atom. The zero-order valence-electron chi connectivity index (χ0n) is 13.5. The molecule has 1 atom stereocenters. The van der Waals surface area contributed by atoms with Gasteiger partial charge in [-0.3, -0.25) is 4.79 Å². The maximum atomic E-state index is 12.4. The summed E-state index contributed by atoms with van der Waals surface area (Å²) in [7, 11) is -2.61. The van der Waals surface area contributed by atoms with E-state index in [-0.39, 0.29) is 10.8 Å². The van der Waals surface area contributed by atoms with Gasteiger partial charge < -0.3 is 9.47 Å². The zero-order valence-corrected chi connectivity index (χ0v) is 14.3. The molecule has 8 heteroatoms. The van der Waals surface area contributed by atoms with Crippen molar-refractivity contribution in [3.05, 3.63) is 48.2 Å². The van der Waals surface area contributed by atoms with Crippen molar-refractivity contribution in [2.24, 2.45) is 0 Å². The third kappa shape index (κ3) is 4.23. The number of hydrogen-bond acceptors (Lipinski definition) is 6. The van der Waals surface area contributed by atoms with Gasteiger partial charge in [-0.2, -0.15) is 0 Å². The van der Waals surface area contributed by atoms with Gasteiger partial charge >= 0.3 is 0 Å². The normalized spacial score (nSPS) is 12.3. The number of nitrogens with one attached hydrogen (secondary N) is 1. The van der Waals surface area contributed by atoms with Gasteiger partial charge in [0, 0.05) is 18.3 Å². The monoisotopic (exact) mass is 350 g/mol. The molecule has 1 amide bonds. The summed E-state index contributed by atoms with van der Waals surface area (Å²) >= 11 is 0. The van der Waals surface area contributed by atoms with Crippen LogP contribution < -0.4 is 14.2 Å². The number of benzene rings is 1. The van der Waals surface area contributed by atoms with E-state index in [0.717, 1.165) is 0 Å². The summed E-state index contributed by atoms with van der Waals surface area (Å²) in [6.45, 7) is 3.07. The zero-order chi connectivity index (χ0) is 17.7. The number of amides is 1. The highest BCUT2D eigenvalue weighted by Crippen LogP contribution is 2.21. The molecule has 0 aliphatic rings. The van der Waals surface area contributed by atoms with Gasteiger partial charge in [0.2, 0.25) is 5.88 Å². The summed E-state index contributed by atoms with van der Waals surface area (Å²) in [5.74, 6) is -0.177. The third-order valence-corrected chi connectivity index (χ3v) is 4.71. The largest absolute Gasteiger partial charge is 0.497 e. The predicted octanol–water partition coefficient (Wildman–Crippen LogP) is 1.67. The van der Waals surface area contributed by atoms with Crippen LogP contribution in [0.3, 0.4) is 0 Å². The minimum atomic E-state index is -4.04. The van der Waals surface area contributed by atoms with Crippen molar-refractivity contribution in [3.8, 4) is 11.6 Å². The van der Waals surface area contributed by atoms with E-state index in [9.17, 15) is 13.2 Å². The first kappa shape index (κ1) is 17.7. The van der Waals surface area contributed by atoms with Crippen molar-refractivity contribution >= 4 is 15.9 Å². The summed E-state index contributed by atoms with van der Waals surface area (Å²) in [6, 6.07) is 9.57. The molecule has 7 nitrogen and oxygen atoms in total. The van der Waals surface area contributed by atoms with Gasteiger partial charge in [-0.25, -0.2) is 18.1 Å². The standard InChI is InChI=1S/C16H18N2O5S/c1-11-7-8-13(22-3)10-14(11)24(20,21)18-16(19)12(2)23-15-6-4-5-9-17-15/h4-10,12H,1-3H3,(H,18,19). The molecule has 0 fully saturated rings. The molecular weight excluding hydrogens is 332 g/mol. The van der Waals surface area contributed by atoms with E-state index < -0.39 is 22.0 Å². The molecule has 0 spiro atoms. The minimum Gasteiger partial charge on any atom is -0.497 e. The van der Waals surface area contributed by atoms with Crippen molar-refractivity contribution in [2.75, 3.05) is 7.11 Å². The van der Waals surface area contributed by atoms with Crippen LogP contribution in [0.5, 0.6) is 11.6 Å². The van der Waals surface area contributed by atoms with Gasteiger partial charge in [-0.05, 0) is 31.5 Å². The molecule has 1 N–H and O–H groups in total. The molecule has 1 aromatic heterocycles. The van der Waals surface area contributed by atoms with Crippen molar-refractivity contribution in [2.45, 2.75) is 24.8 Å². The Morgan fingerprint density at radius 1 is 1.25 bits per heavy atom. The third-order valence-electron chi connectivity index (χ3n) is 3.22. The Morgan fingerprint density at radius 3 is 2.62 bits per heavy atom. The summed E-state index contributed by atoms with van der Waals surface area (Å²) in [5, 5.41) is 0. The van der Waals surface area contributed by atoms with Crippen molar-refractivity contribution in [1.29, 1.82) is 0 Å². The number of methoxy groups -OCH3 is 1. The predicted molar refractivity (Wildman–Crippen MR) is 87.4 cm³/mol. The molecule has 128 valence electrons. The molecule has 0 aliphatic heterocycles. The van der Waals surface area contributed by atoms with E-state index in [1.165, 1.54) is 26.3 Å². The van der Waals surface area contributed by atoms with Gasteiger partial charge in [-0.15, -0.1) is 0 Å². The number of nitrogens with zero attached hydrogens (tertiary/aromatic N) is 1. The van der Waals surface area contributed by atoms with Crippen LogP contribution in [0, 0.1) is 6.92 Å². The smallest absolute Gasteiger partial charge is 0.274 e. The molecule has 1 aromatic carbocycles. The Labute approximate surface area is 140 Å². The van der Waals surface area contributed by atoms with Gasteiger partial charge in [0.25, 0.3) is 15.9 Å². The first-order valence-corrected chi connectivity index (χ1v) is 8.61. The van der Waals surface area contributed by atoms with Crippen LogP contribution in [0.2, 0.25) is 0 Å². The lowest BCUT2D eigenvalue weighted by atomic mass is 10.2. The van der Waals surface area contributed by atoms with Crippen molar-refractivity contribution in [3.63, 3.8) is 0 Å². The average Bonchev–Trinajstić information content (AvgIpc) is 2.55. The lowest BCUT2D eigenvalue weighted by molar-refractivity contribution is -0.125. The van der Waals surface area contributed by atoms with Crippen LogP contribution in [0.15, 0.2) is 47.5 Å². The maximum absolute atomic E-state index is 12.4. The molecule has 0 bridgehead atoms. The summed E-state index contributed by atoms with van der Waals surface area (Å²) in [4.78, 5) is 16.0. The van der Waals surface area contributed by atoms with E-state index in [2.05, 4.69) is 4.98 Å². The van der Waals surface area contributed by atoms with Crippen LogP contribution in [-0.2, 0) is 14.8 Å². The van der Waals surface area contributed by atoms with Gasteiger partial charge in [0.05, 0.1) is 12.0 Å². The molecule has 0 saturated carbocycles. The Balaban J connectivity index is 2.15. The van der Waals surface area contributed by atoms with E-state index in [1.54, 1.807) is 37.3 Å². The number of aromatic nitrogens is 1. The number of ether oxygens (including phenoxy) is 2. The number of rotatable bonds is 6. The Hall–Kier alpha value is -2.61. The molecule has 0 radical (unpaired) electrons. The summed E-state index contributed by atoms with van der Waals surface area (Å²) < 4.78 is 37.2. The fourth-order valence-corrected chi connectivity index (χ4v) is 3.22. The second kappa shape index (κ2) is 7.31. The fourth-order valence-electron chi connectivity index (χ4n) is 1.92. The SMILES string of the molecule is COc1ccc(C)c(S(=O)(=O)NC(=O)C(C)Oc2ccccn2)c1. The lowest BCUT2D eigenvalue weighted by Crippen LogP contribution is -2.40.